The summed E-state index contributed by atoms with van der Waals surface area (Å²) in [6.45, 7) is 0.164. The molecule has 2 aromatic rings. The van der Waals surface area contributed by atoms with Crippen molar-refractivity contribution < 1.29 is 17.9 Å². The molecule has 134 valence electrons. The van der Waals surface area contributed by atoms with Crippen molar-refractivity contribution >= 4 is 46.9 Å². The van der Waals surface area contributed by atoms with E-state index in [-0.39, 0.29) is 17.6 Å². The van der Waals surface area contributed by atoms with Gasteiger partial charge < -0.3 is 4.74 Å². The zero-order valence-corrected chi connectivity index (χ0v) is 15.9. The summed E-state index contributed by atoms with van der Waals surface area (Å²) in [4.78, 5) is 11.9. The highest BCUT2D eigenvalue weighted by Gasteiger charge is 2.13. The Bertz CT molecular complexity index is 792. The van der Waals surface area contributed by atoms with Gasteiger partial charge in [0.1, 0.15) is 6.61 Å². The lowest BCUT2D eigenvalue weighted by atomic mass is 10.2. The number of carbonyl (C=O) groups excluding carboxylic acids is 1. The first kappa shape index (κ1) is 19.7. The fourth-order valence-corrected chi connectivity index (χ4v) is 3.37. The largest absolute Gasteiger partial charge is 0.461 e. The lowest BCUT2D eigenvalue weighted by Crippen LogP contribution is -2.16. The topological polar surface area (TPSA) is 72.5 Å². The number of sulfonamides is 1. The lowest BCUT2D eigenvalue weighted by molar-refractivity contribution is 0.0512. The van der Waals surface area contributed by atoms with Gasteiger partial charge in [-0.05, 0) is 29.8 Å². The molecule has 0 spiro atoms. The van der Waals surface area contributed by atoms with Gasteiger partial charge in [-0.3, -0.25) is 4.72 Å². The number of hydrogen-bond donors (Lipinski definition) is 3. The fourth-order valence-electron chi connectivity index (χ4n) is 1.99. The minimum Gasteiger partial charge on any atom is -0.461 e. The molecule has 1 unspecified atom stereocenters. The smallest absolute Gasteiger partial charge is 0.338 e. The number of rotatable bonds is 8. The monoisotopic (exact) mass is 397 g/mol. The number of carbonyl (C=O) groups is 1. The predicted octanol–water partition coefficient (Wildman–Crippen LogP) is 3.01. The molecular weight excluding hydrogens is 378 g/mol. The molecule has 0 saturated heterocycles. The normalized spacial score (nSPS) is 12.4. The Labute approximate surface area is 158 Å². The zero-order chi connectivity index (χ0) is 18.3. The van der Waals surface area contributed by atoms with E-state index in [9.17, 15) is 13.2 Å². The third-order valence-corrected chi connectivity index (χ3v) is 5.53. The zero-order valence-electron chi connectivity index (χ0n) is 13.3. The second-order valence-electron chi connectivity index (χ2n) is 5.36. The number of ether oxygens (including phenoxy) is 1. The molecule has 0 saturated carbocycles. The fraction of sp³-hybridized carbons (Fsp3) is 0.235. The van der Waals surface area contributed by atoms with E-state index >= 15 is 0 Å². The second kappa shape index (κ2) is 9.17. The van der Waals surface area contributed by atoms with Gasteiger partial charge in [0.25, 0.3) is 0 Å². The number of nitrogens with one attached hydrogen (secondary N) is 1. The molecule has 2 rings (SSSR count). The summed E-state index contributed by atoms with van der Waals surface area (Å²) in [5, 5.41) is -0.128. The maximum atomic E-state index is 12.2. The van der Waals surface area contributed by atoms with Crippen LogP contribution in [-0.4, -0.2) is 32.0 Å². The van der Waals surface area contributed by atoms with Crippen LogP contribution < -0.4 is 4.72 Å². The SMILES string of the molecule is O=C(OCC(S)CS)c1ccc(NS(=O)(=O)Cc2ccccc2)cc1. The van der Waals surface area contributed by atoms with Crippen LogP contribution in [0.15, 0.2) is 54.6 Å². The molecule has 0 aromatic heterocycles. The molecule has 25 heavy (non-hydrogen) atoms. The van der Waals surface area contributed by atoms with Crippen LogP contribution in [0.4, 0.5) is 5.69 Å². The van der Waals surface area contributed by atoms with Crippen LogP contribution in [0.2, 0.25) is 0 Å². The first-order chi connectivity index (χ1) is 11.9. The number of esters is 1. The van der Waals surface area contributed by atoms with Crippen LogP contribution in [0.5, 0.6) is 0 Å². The summed E-state index contributed by atoms with van der Waals surface area (Å²) >= 11 is 8.25. The number of anilines is 1. The van der Waals surface area contributed by atoms with Crippen molar-refractivity contribution in [2.75, 3.05) is 17.1 Å². The van der Waals surface area contributed by atoms with Crippen molar-refractivity contribution in [1.82, 2.24) is 0 Å². The maximum Gasteiger partial charge on any atom is 0.338 e. The predicted molar refractivity (Wildman–Crippen MR) is 106 cm³/mol. The summed E-state index contributed by atoms with van der Waals surface area (Å²) in [6.07, 6.45) is 0. The molecule has 0 aliphatic heterocycles. The van der Waals surface area contributed by atoms with Crippen LogP contribution in [-0.2, 0) is 20.5 Å². The van der Waals surface area contributed by atoms with E-state index in [1.54, 1.807) is 24.3 Å². The Morgan fingerprint density at radius 1 is 1.08 bits per heavy atom. The molecule has 0 aliphatic rings. The van der Waals surface area contributed by atoms with E-state index in [0.717, 1.165) is 0 Å². The first-order valence-electron chi connectivity index (χ1n) is 7.50. The highest BCUT2D eigenvalue weighted by atomic mass is 32.2. The molecule has 0 aliphatic carbocycles. The Balaban J connectivity index is 1.96. The van der Waals surface area contributed by atoms with Crippen molar-refractivity contribution in [3.05, 3.63) is 65.7 Å². The van der Waals surface area contributed by atoms with Crippen molar-refractivity contribution in [1.29, 1.82) is 0 Å². The van der Waals surface area contributed by atoms with E-state index in [0.29, 0.717) is 22.6 Å². The molecule has 0 amide bonds. The molecule has 8 heteroatoms. The van der Waals surface area contributed by atoms with Gasteiger partial charge in [-0.2, -0.15) is 25.3 Å². The Morgan fingerprint density at radius 3 is 2.32 bits per heavy atom. The van der Waals surface area contributed by atoms with Gasteiger partial charge in [-0.15, -0.1) is 0 Å². The van der Waals surface area contributed by atoms with Gasteiger partial charge >= 0.3 is 5.97 Å². The van der Waals surface area contributed by atoms with E-state index in [1.807, 2.05) is 6.07 Å². The van der Waals surface area contributed by atoms with Crippen molar-refractivity contribution in [3.63, 3.8) is 0 Å². The third-order valence-electron chi connectivity index (χ3n) is 3.21. The highest BCUT2D eigenvalue weighted by Crippen LogP contribution is 2.15. The van der Waals surface area contributed by atoms with Crippen LogP contribution in [0.1, 0.15) is 15.9 Å². The van der Waals surface area contributed by atoms with Gasteiger partial charge in [0, 0.05) is 16.7 Å². The maximum absolute atomic E-state index is 12.2. The Hall–Kier alpha value is -1.64. The van der Waals surface area contributed by atoms with Crippen LogP contribution in [0, 0.1) is 0 Å². The lowest BCUT2D eigenvalue weighted by Gasteiger charge is -2.10. The van der Waals surface area contributed by atoms with E-state index in [1.165, 1.54) is 24.3 Å². The third kappa shape index (κ3) is 6.64. The van der Waals surface area contributed by atoms with Crippen molar-refractivity contribution in [2.45, 2.75) is 11.0 Å². The van der Waals surface area contributed by atoms with Crippen molar-refractivity contribution in [2.24, 2.45) is 0 Å². The van der Waals surface area contributed by atoms with Crippen LogP contribution >= 0.6 is 25.3 Å². The van der Waals surface area contributed by atoms with E-state index in [2.05, 4.69) is 30.0 Å². The number of benzene rings is 2. The standard InChI is InChI=1S/C17H19NO4S3/c19-17(22-10-16(24)11-23)14-6-8-15(9-7-14)18-25(20,21)12-13-4-2-1-3-5-13/h1-9,16,18,23-24H,10-12H2. The second-order valence-corrected chi connectivity index (χ2v) is 8.18. The van der Waals surface area contributed by atoms with Crippen LogP contribution in [0.25, 0.3) is 0 Å². The molecule has 2 aromatic carbocycles. The van der Waals surface area contributed by atoms with Crippen LogP contribution in [0.3, 0.4) is 0 Å². The van der Waals surface area contributed by atoms with Gasteiger partial charge in [0.05, 0.1) is 11.3 Å². The number of hydrogen-bond acceptors (Lipinski definition) is 6. The van der Waals surface area contributed by atoms with E-state index in [4.69, 9.17) is 4.74 Å². The molecule has 5 nitrogen and oxygen atoms in total. The summed E-state index contributed by atoms with van der Waals surface area (Å²) in [5.74, 6) is -0.108. The average molecular weight is 398 g/mol. The summed E-state index contributed by atoms with van der Waals surface area (Å²) in [6, 6.07) is 15.0. The first-order valence-corrected chi connectivity index (χ1v) is 10.3. The molecule has 1 N–H and O–H groups in total. The molecule has 0 bridgehead atoms. The van der Waals surface area contributed by atoms with Gasteiger partial charge in [0.15, 0.2) is 0 Å². The molecular formula is C17H19NO4S3. The minimum atomic E-state index is -3.53. The molecule has 0 fully saturated rings. The summed E-state index contributed by atoms with van der Waals surface area (Å²) < 4.78 is 31.9. The summed E-state index contributed by atoms with van der Waals surface area (Å²) in [7, 11) is -3.53. The average Bonchev–Trinajstić information content (AvgIpc) is 2.60. The molecule has 1 atom stereocenters. The Morgan fingerprint density at radius 2 is 1.72 bits per heavy atom. The number of thiol groups is 2. The highest BCUT2D eigenvalue weighted by molar-refractivity contribution is 7.91. The quantitative estimate of drug-likeness (QED) is 0.473. The Kier molecular flexibility index (Phi) is 7.22. The van der Waals surface area contributed by atoms with E-state index < -0.39 is 16.0 Å². The molecule has 0 radical (unpaired) electrons. The van der Waals surface area contributed by atoms with Gasteiger partial charge in [0.2, 0.25) is 10.0 Å². The minimum absolute atomic E-state index is 0.120. The molecule has 0 heterocycles. The van der Waals surface area contributed by atoms with Gasteiger partial charge in [-0.25, -0.2) is 13.2 Å². The van der Waals surface area contributed by atoms with Crippen molar-refractivity contribution in [3.8, 4) is 0 Å². The summed E-state index contributed by atoms with van der Waals surface area (Å²) in [5.41, 5.74) is 1.42. The van der Waals surface area contributed by atoms with Gasteiger partial charge in [-0.1, -0.05) is 30.3 Å².